The van der Waals surface area contributed by atoms with Crippen molar-refractivity contribution in [2.75, 3.05) is 5.33 Å². The lowest BCUT2D eigenvalue weighted by Gasteiger charge is -2.16. The zero-order valence-corrected chi connectivity index (χ0v) is 14.2. The predicted octanol–water partition coefficient (Wildman–Crippen LogP) is 6.19. The van der Waals surface area contributed by atoms with Gasteiger partial charge in [0.1, 0.15) is 0 Å². The van der Waals surface area contributed by atoms with Crippen LogP contribution in [0.15, 0.2) is 53.0 Å². The van der Waals surface area contributed by atoms with Gasteiger partial charge in [0.05, 0.1) is 5.56 Å². The van der Waals surface area contributed by atoms with Crippen LogP contribution in [-0.2, 0) is 12.6 Å². The van der Waals surface area contributed by atoms with E-state index in [2.05, 4.69) is 31.9 Å². The highest BCUT2D eigenvalue weighted by Crippen LogP contribution is 2.31. The molecule has 0 fully saturated rings. The van der Waals surface area contributed by atoms with Crippen LogP contribution in [0.5, 0.6) is 0 Å². The molecule has 0 aromatic heterocycles. The summed E-state index contributed by atoms with van der Waals surface area (Å²) in [7, 11) is 0. The SMILES string of the molecule is FC(F)(F)c1cccc(CC(CBr)c2ccc(Br)cc2)c1. The maximum Gasteiger partial charge on any atom is 0.416 e. The quantitative estimate of drug-likeness (QED) is 0.516. The molecule has 0 aliphatic carbocycles. The van der Waals surface area contributed by atoms with Crippen molar-refractivity contribution >= 4 is 31.9 Å². The third-order valence-electron chi connectivity index (χ3n) is 3.26. The minimum absolute atomic E-state index is 0.140. The molecule has 0 saturated carbocycles. The summed E-state index contributed by atoms with van der Waals surface area (Å²) in [5.41, 5.74) is 1.20. The average molecular weight is 422 g/mol. The first kappa shape index (κ1) is 16.6. The molecule has 5 heteroatoms. The van der Waals surface area contributed by atoms with E-state index < -0.39 is 11.7 Å². The van der Waals surface area contributed by atoms with Crippen molar-refractivity contribution in [2.24, 2.45) is 0 Å². The van der Waals surface area contributed by atoms with Crippen molar-refractivity contribution in [2.45, 2.75) is 18.5 Å². The van der Waals surface area contributed by atoms with Gasteiger partial charge in [-0.2, -0.15) is 13.2 Å². The van der Waals surface area contributed by atoms with E-state index in [1.165, 1.54) is 12.1 Å². The van der Waals surface area contributed by atoms with Crippen molar-refractivity contribution in [1.29, 1.82) is 0 Å². The Labute approximate surface area is 138 Å². The molecule has 0 aliphatic heterocycles. The third kappa shape index (κ3) is 4.58. The van der Waals surface area contributed by atoms with Gasteiger partial charge >= 0.3 is 6.18 Å². The largest absolute Gasteiger partial charge is 0.416 e. The predicted molar refractivity (Wildman–Crippen MR) is 85.8 cm³/mol. The molecule has 0 bridgehead atoms. The molecule has 0 amide bonds. The molecule has 0 N–H and O–H groups in total. The van der Waals surface area contributed by atoms with Crippen LogP contribution in [0.1, 0.15) is 22.6 Å². The van der Waals surface area contributed by atoms with Crippen LogP contribution in [0, 0.1) is 0 Å². The second-order valence-corrected chi connectivity index (χ2v) is 6.37. The molecule has 0 aliphatic rings. The maximum atomic E-state index is 12.7. The number of hydrogen-bond donors (Lipinski definition) is 0. The summed E-state index contributed by atoms with van der Waals surface area (Å²) in [5, 5.41) is 0.699. The van der Waals surface area contributed by atoms with Gasteiger partial charge in [-0.25, -0.2) is 0 Å². The van der Waals surface area contributed by atoms with Crippen molar-refractivity contribution < 1.29 is 13.2 Å². The summed E-state index contributed by atoms with van der Waals surface area (Å²) < 4.78 is 39.2. The zero-order valence-electron chi connectivity index (χ0n) is 11.0. The van der Waals surface area contributed by atoms with Crippen molar-refractivity contribution in [3.8, 4) is 0 Å². The van der Waals surface area contributed by atoms with Gasteiger partial charge in [0.15, 0.2) is 0 Å². The molecule has 2 rings (SSSR count). The van der Waals surface area contributed by atoms with E-state index in [4.69, 9.17) is 0 Å². The molecule has 0 radical (unpaired) electrons. The summed E-state index contributed by atoms with van der Waals surface area (Å²) in [6.45, 7) is 0. The first-order chi connectivity index (χ1) is 9.90. The Kier molecular flexibility index (Phi) is 5.49. The summed E-state index contributed by atoms with van der Waals surface area (Å²) in [6, 6.07) is 13.4. The van der Waals surface area contributed by atoms with Crippen LogP contribution in [0.4, 0.5) is 13.2 Å². The Balaban J connectivity index is 2.21. The van der Waals surface area contributed by atoms with E-state index in [0.29, 0.717) is 17.3 Å². The van der Waals surface area contributed by atoms with Crippen LogP contribution >= 0.6 is 31.9 Å². The third-order valence-corrected chi connectivity index (χ3v) is 4.57. The van der Waals surface area contributed by atoms with Crippen molar-refractivity contribution in [1.82, 2.24) is 0 Å². The Bertz CT molecular complexity index is 591. The fourth-order valence-electron chi connectivity index (χ4n) is 2.16. The normalized spacial score (nSPS) is 13.2. The van der Waals surface area contributed by atoms with E-state index in [0.717, 1.165) is 16.1 Å². The van der Waals surface area contributed by atoms with Crippen molar-refractivity contribution in [3.05, 3.63) is 69.7 Å². The number of halogens is 5. The summed E-state index contributed by atoms with van der Waals surface area (Å²) in [6.07, 6.45) is -3.73. The highest BCUT2D eigenvalue weighted by atomic mass is 79.9. The molecular weight excluding hydrogens is 409 g/mol. The lowest BCUT2D eigenvalue weighted by molar-refractivity contribution is -0.137. The van der Waals surface area contributed by atoms with Gasteiger partial charge in [-0.3, -0.25) is 0 Å². The van der Waals surface area contributed by atoms with E-state index in [1.54, 1.807) is 6.07 Å². The smallest absolute Gasteiger partial charge is 0.166 e. The highest BCUT2D eigenvalue weighted by Gasteiger charge is 2.30. The molecule has 0 spiro atoms. The summed E-state index contributed by atoms with van der Waals surface area (Å²) in [4.78, 5) is 0. The molecule has 2 aromatic rings. The average Bonchev–Trinajstić information content (AvgIpc) is 2.45. The minimum atomic E-state index is -4.29. The first-order valence-corrected chi connectivity index (χ1v) is 8.29. The van der Waals surface area contributed by atoms with Gasteiger partial charge in [0.25, 0.3) is 0 Å². The van der Waals surface area contributed by atoms with E-state index in [9.17, 15) is 13.2 Å². The molecule has 21 heavy (non-hydrogen) atoms. The van der Waals surface area contributed by atoms with E-state index in [1.807, 2.05) is 24.3 Å². The monoisotopic (exact) mass is 420 g/mol. The Morgan fingerprint density at radius 2 is 1.67 bits per heavy atom. The molecule has 112 valence electrons. The van der Waals surface area contributed by atoms with Gasteiger partial charge in [0.2, 0.25) is 0 Å². The standard InChI is InChI=1S/C16H13Br2F3/c17-10-13(12-4-6-15(18)7-5-12)8-11-2-1-3-14(9-11)16(19,20)21/h1-7,9,13H,8,10H2. The number of rotatable bonds is 4. The molecular formula is C16H13Br2F3. The lowest BCUT2D eigenvalue weighted by Crippen LogP contribution is -2.08. The molecule has 1 unspecified atom stereocenters. The van der Waals surface area contributed by atoms with Crippen LogP contribution in [0.25, 0.3) is 0 Å². The number of alkyl halides is 4. The van der Waals surface area contributed by atoms with E-state index in [-0.39, 0.29) is 5.92 Å². The minimum Gasteiger partial charge on any atom is -0.166 e. The molecule has 0 nitrogen and oxygen atoms in total. The highest BCUT2D eigenvalue weighted by molar-refractivity contribution is 9.10. The van der Waals surface area contributed by atoms with Crippen LogP contribution in [0.2, 0.25) is 0 Å². The topological polar surface area (TPSA) is 0 Å². The number of benzene rings is 2. The van der Waals surface area contributed by atoms with Gasteiger partial charge in [-0.05, 0) is 41.7 Å². The first-order valence-electron chi connectivity index (χ1n) is 6.37. The molecule has 2 aromatic carbocycles. The summed E-state index contributed by atoms with van der Waals surface area (Å²) in [5.74, 6) is 0.140. The summed E-state index contributed by atoms with van der Waals surface area (Å²) >= 11 is 6.83. The van der Waals surface area contributed by atoms with Gasteiger partial charge in [-0.1, -0.05) is 62.2 Å². The van der Waals surface area contributed by atoms with E-state index >= 15 is 0 Å². The lowest BCUT2D eigenvalue weighted by atomic mass is 9.93. The fourth-order valence-corrected chi connectivity index (χ4v) is 3.02. The molecule has 0 saturated heterocycles. The van der Waals surface area contributed by atoms with Gasteiger partial charge < -0.3 is 0 Å². The van der Waals surface area contributed by atoms with Crippen LogP contribution < -0.4 is 0 Å². The Hall–Kier alpha value is -0.810. The van der Waals surface area contributed by atoms with Gasteiger partial charge in [0, 0.05) is 9.80 Å². The fraction of sp³-hybridized carbons (Fsp3) is 0.250. The van der Waals surface area contributed by atoms with Gasteiger partial charge in [-0.15, -0.1) is 0 Å². The van der Waals surface area contributed by atoms with Crippen molar-refractivity contribution in [3.63, 3.8) is 0 Å². The second kappa shape index (κ2) is 6.97. The second-order valence-electron chi connectivity index (χ2n) is 4.81. The molecule has 1 atom stereocenters. The maximum absolute atomic E-state index is 12.7. The Morgan fingerprint density at radius 3 is 2.24 bits per heavy atom. The Morgan fingerprint density at radius 1 is 1.00 bits per heavy atom. The van der Waals surface area contributed by atoms with Crippen LogP contribution in [-0.4, -0.2) is 5.33 Å². The molecule has 0 heterocycles. The van der Waals surface area contributed by atoms with Crippen LogP contribution in [0.3, 0.4) is 0 Å². The zero-order chi connectivity index (χ0) is 15.5. The number of hydrogen-bond acceptors (Lipinski definition) is 0.